The number of amides is 1. The van der Waals surface area contributed by atoms with Crippen LogP contribution >= 0.6 is 11.5 Å². The summed E-state index contributed by atoms with van der Waals surface area (Å²) in [6.07, 6.45) is 0. The lowest BCUT2D eigenvalue weighted by molar-refractivity contribution is 0.102. The molecule has 1 heterocycles. The molecule has 1 amide bonds. The van der Waals surface area contributed by atoms with Crippen molar-refractivity contribution in [3.05, 3.63) is 40.2 Å². The van der Waals surface area contributed by atoms with E-state index in [0.29, 0.717) is 10.6 Å². The van der Waals surface area contributed by atoms with Gasteiger partial charge in [-0.15, -0.1) is 5.10 Å². The molecule has 7 nitrogen and oxygen atoms in total. The Morgan fingerprint density at radius 1 is 1.55 bits per heavy atom. The molecule has 0 bridgehead atoms. The van der Waals surface area contributed by atoms with Crippen LogP contribution in [0.2, 0.25) is 0 Å². The quantitative estimate of drug-likeness (QED) is 0.342. The van der Waals surface area contributed by atoms with Crippen LogP contribution in [0, 0.1) is 12.7 Å². The summed E-state index contributed by atoms with van der Waals surface area (Å²) in [4.78, 5) is 12.4. The van der Waals surface area contributed by atoms with Crippen molar-refractivity contribution in [3.8, 4) is 0 Å². The molecular weight excluding hydrogens is 285 g/mol. The van der Waals surface area contributed by atoms with E-state index in [4.69, 9.17) is 10.9 Å². The Kier molecular flexibility index (Phi) is 3.89. The van der Waals surface area contributed by atoms with Gasteiger partial charge in [-0.1, -0.05) is 9.64 Å². The first kappa shape index (κ1) is 13.9. The van der Waals surface area contributed by atoms with E-state index in [1.165, 1.54) is 6.07 Å². The lowest BCUT2D eigenvalue weighted by Gasteiger charge is -2.09. The minimum Gasteiger partial charge on any atom is -0.409 e. The monoisotopic (exact) mass is 295 g/mol. The Balaban J connectivity index is 2.35. The molecule has 0 aliphatic heterocycles. The minimum atomic E-state index is -0.569. The molecule has 1 aromatic heterocycles. The van der Waals surface area contributed by atoms with Crippen molar-refractivity contribution >= 4 is 29.0 Å². The number of nitrogens with one attached hydrogen (secondary N) is 1. The fourth-order valence-electron chi connectivity index (χ4n) is 1.51. The SMILES string of the molecule is Cc1nnsc1C(=O)Nc1ccc(F)cc1/C(N)=N/O. The van der Waals surface area contributed by atoms with Gasteiger partial charge in [0.1, 0.15) is 10.7 Å². The van der Waals surface area contributed by atoms with E-state index in [1.54, 1.807) is 6.92 Å². The highest BCUT2D eigenvalue weighted by Crippen LogP contribution is 2.19. The molecule has 0 radical (unpaired) electrons. The summed E-state index contributed by atoms with van der Waals surface area (Å²) in [5.74, 6) is -1.32. The zero-order valence-corrected chi connectivity index (χ0v) is 11.1. The molecule has 0 unspecified atom stereocenters. The Morgan fingerprint density at radius 3 is 2.90 bits per heavy atom. The second-order valence-electron chi connectivity index (χ2n) is 3.82. The van der Waals surface area contributed by atoms with Crippen LogP contribution in [-0.2, 0) is 0 Å². The summed E-state index contributed by atoms with van der Waals surface area (Å²) in [6.45, 7) is 1.65. The van der Waals surface area contributed by atoms with Crippen molar-refractivity contribution in [2.45, 2.75) is 6.92 Å². The van der Waals surface area contributed by atoms with Crippen LogP contribution in [0.25, 0.3) is 0 Å². The maximum absolute atomic E-state index is 13.2. The van der Waals surface area contributed by atoms with Gasteiger partial charge in [-0.3, -0.25) is 4.79 Å². The van der Waals surface area contributed by atoms with Crippen LogP contribution in [0.5, 0.6) is 0 Å². The minimum absolute atomic E-state index is 0.0796. The van der Waals surface area contributed by atoms with E-state index in [1.807, 2.05) is 0 Å². The summed E-state index contributed by atoms with van der Waals surface area (Å²) < 4.78 is 16.9. The number of hydrogen-bond acceptors (Lipinski definition) is 6. The van der Waals surface area contributed by atoms with Crippen molar-refractivity contribution < 1.29 is 14.4 Å². The summed E-state index contributed by atoms with van der Waals surface area (Å²) >= 11 is 0.942. The highest BCUT2D eigenvalue weighted by Gasteiger charge is 2.16. The van der Waals surface area contributed by atoms with Gasteiger partial charge in [0.2, 0.25) is 0 Å². The zero-order valence-electron chi connectivity index (χ0n) is 10.3. The van der Waals surface area contributed by atoms with Crippen LogP contribution in [0.3, 0.4) is 0 Å². The number of hydrogen-bond donors (Lipinski definition) is 3. The van der Waals surface area contributed by atoms with Crippen LogP contribution in [0.15, 0.2) is 23.4 Å². The van der Waals surface area contributed by atoms with E-state index < -0.39 is 11.7 Å². The van der Waals surface area contributed by atoms with Crippen molar-refractivity contribution in [2.24, 2.45) is 10.9 Å². The first-order valence-corrected chi connectivity index (χ1v) is 6.18. The Bertz CT molecular complexity index is 685. The third kappa shape index (κ3) is 2.72. The van der Waals surface area contributed by atoms with Crippen molar-refractivity contribution in [1.29, 1.82) is 0 Å². The molecule has 2 aromatic rings. The molecule has 0 atom stereocenters. The van der Waals surface area contributed by atoms with Crippen molar-refractivity contribution in [3.63, 3.8) is 0 Å². The number of anilines is 1. The van der Waals surface area contributed by atoms with Crippen molar-refractivity contribution in [1.82, 2.24) is 9.59 Å². The van der Waals surface area contributed by atoms with E-state index in [0.717, 1.165) is 23.7 Å². The van der Waals surface area contributed by atoms with E-state index in [9.17, 15) is 9.18 Å². The first-order chi connectivity index (χ1) is 9.52. The molecule has 2 rings (SSSR count). The molecule has 9 heteroatoms. The number of carbonyl (C=O) groups is 1. The van der Waals surface area contributed by atoms with Gasteiger partial charge in [-0.2, -0.15) is 0 Å². The fourth-order valence-corrected chi connectivity index (χ4v) is 2.06. The third-order valence-corrected chi connectivity index (χ3v) is 3.30. The second kappa shape index (κ2) is 5.61. The number of carbonyl (C=O) groups excluding carboxylic acids is 1. The van der Waals surface area contributed by atoms with E-state index in [-0.39, 0.29) is 17.1 Å². The van der Waals surface area contributed by atoms with Gasteiger partial charge >= 0.3 is 0 Å². The molecule has 104 valence electrons. The predicted octanol–water partition coefficient (Wildman–Crippen LogP) is 1.33. The number of nitrogens with two attached hydrogens (primary N) is 1. The molecule has 0 aliphatic rings. The van der Waals surface area contributed by atoms with Crippen LogP contribution in [-0.4, -0.2) is 26.5 Å². The number of aromatic nitrogens is 2. The molecule has 0 fully saturated rings. The molecule has 0 aliphatic carbocycles. The van der Waals surface area contributed by atoms with Gasteiger partial charge in [0, 0.05) is 5.56 Å². The average Bonchev–Trinajstić information content (AvgIpc) is 2.86. The van der Waals surface area contributed by atoms with Crippen LogP contribution in [0.1, 0.15) is 20.9 Å². The van der Waals surface area contributed by atoms with Gasteiger partial charge in [0.25, 0.3) is 5.91 Å². The van der Waals surface area contributed by atoms with Crippen molar-refractivity contribution in [2.75, 3.05) is 5.32 Å². The molecule has 1 aromatic carbocycles. The zero-order chi connectivity index (χ0) is 14.7. The lowest BCUT2D eigenvalue weighted by Crippen LogP contribution is -2.19. The number of halogens is 1. The first-order valence-electron chi connectivity index (χ1n) is 5.40. The van der Waals surface area contributed by atoms with Gasteiger partial charge in [0.15, 0.2) is 5.84 Å². The second-order valence-corrected chi connectivity index (χ2v) is 4.57. The highest BCUT2D eigenvalue weighted by molar-refractivity contribution is 7.08. The molecule has 4 N–H and O–H groups in total. The molecule has 0 saturated carbocycles. The molecular formula is C11H10FN5O2S. The summed E-state index contributed by atoms with van der Waals surface area (Å²) in [6, 6.07) is 3.54. The Labute approximate surface area is 117 Å². The van der Waals surface area contributed by atoms with E-state index >= 15 is 0 Å². The normalized spacial score (nSPS) is 11.4. The van der Waals surface area contributed by atoms with Gasteiger partial charge in [-0.25, -0.2) is 4.39 Å². The van der Waals surface area contributed by atoms with Gasteiger partial charge in [-0.05, 0) is 36.7 Å². The van der Waals surface area contributed by atoms with Gasteiger partial charge in [0.05, 0.1) is 11.4 Å². The third-order valence-electron chi connectivity index (χ3n) is 2.47. The predicted molar refractivity (Wildman–Crippen MR) is 71.5 cm³/mol. The lowest BCUT2D eigenvalue weighted by atomic mass is 10.1. The van der Waals surface area contributed by atoms with E-state index in [2.05, 4.69) is 20.1 Å². The number of aryl methyl sites for hydroxylation is 1. The highest BCUT2D eigenvalue weighted by atomic mass is 32.1. The largest absolute Gasteiger partial charge is 0.409 e. The number of amidine groups is 1. The number of rotatable bonds is 3. The summed E-state index contributed by atoms with van der Waals surface area (Å²) in [5, 5.41) is 17.8. The fraction of sp³-hybridized carbons (Fsp3) is 0.0909. The average molecular weight is 295 g/mol. The van der Waals surface area contributed by atoms with Gasteiger partial charge < -0.3 is 16.3 Å². The smallest absolute Gasteiger partial charge is 0.269 e. The summed E-state index contributed by atoms with van der Waals surface area (Å²) in [7, 11) is 0. The number of nitrogens with zero attached hydrogens (tertiary/aromatic N) is 3. The topological polar surface area (TPSA) is 113 Å². The maximum Gasteiger partial charge on any atom is 0.269 e. The Morgan fingerprint density at radius 2 is 2.30 bits per heavy atom. The molecule has 0 saturated heterocycles. The Hall–Kier alpha value is -2.55. The summed E-state index contributed by atoms with van der Waals surface area (Å²) in [5.41, 5.74) is 6.24. The van der Waals surface area contributed by atoms with Crippen LogP contribution < -0.4 is 11.1 Å². The number of oxime groups is 1. The maximum atomic E-state index is 13.2. The molecule has 0 spiro atoms. The molecule has 20 heavy (non-hydrogen) atoms. The standard InChI is InChI=1S/C11H10FN5O2S/c1-5-9(20-17-15-5)11(18)14-8-3-2-6(12)4-7(8)10(13)16-19/h2-4,19H,1H3,(H2,13,16)(H,14,18). The number of benzene rings is 1. The van der Waals surface area contributed by atoms with Crippen LogP contribution in [0.4, 0.5) is 10.1 Å².